The number of amidine groups is 1. The van der Waals surface area contributed by atoms with Gasteiger partial charge in [0.25, 0.3) is 0 Å². The van der Waals surface area contributed by atoms with Crippen molar-refractivity contribution in [3.8, 4) is 0 Å². The predicted octanol–water partition coefficient (Wildman–Crippen LogP) is 3.05. The van der Waals surface area contributed by atoms with Crippen molar-refractivity contribution in [3.05, 3.63) is 47.8 Å². The number of hydrogen-bond donors (Lipinski definition) is 2. The lowest BCUT2D eigenvalue weighted by atomic mass is 10.1. The monoisotopic (exact) mass is 410 g/mol. The number of rotatable bonds is 11. The Morgan fingerprint density at radius 2 is 1.93 bits per heavy atom. The molecule has 0 aliphatic carbocycles. The summed E-state index contributed by atoms with van der Waals surface area (Å²) in [6.45, 7) is 5.50. The largest absolute Gasteiger partial charge is 0.418 e. The van der Waals surface area contributed by atoms with Gasteiger partial charge in [-0.15, -0.1) is 4.28 Å². The Morgan fingerprint density at radius 3 is 2.54 bits per heavy atom. The van der Waals surface area contributed by atoms with Crippen molar-refractivity contribution >= 4 is 16.2 Å². The van der Waals surface area contributed by atoms with Crippen LogP contribution in [0.4, 0.5) is 0 Å². The van der Waals surface area contributed by atoms with Gasteiger partial charge in [0, 0.05) is 19.5 Å². The van der Waals surface area contributed by atoms with Gasteiger partial charge >= 0.3 is 10.4 Å². The number of unbranched alkanes of at least 4 members (excludes halogenated alkanes) is 3. The van der Waals surface area contributed by atoms with Gasteiger partial charge in [0.2, 0.25) is 0 Å². The Hall–Kier alpha value is -1.94. The smallest absolute Gasteiger partial charge is 0.353 e. The zero-order chi connectivity index (χ0) is 20.6. The second-order valence-electron chi connectivity index (χ2n) is 6.68. The summed E-state index contributed by atoms with van der Waals surface area (Å²) >= 11 is 0. The average molecular weight is 411 g/mol. The second-order valence-corrected chi connectivity index (χ2v) is 7.69. The molecular formula is C19H30N4O4S. The summed E-state index contributed by atoms with van der Waals surface area (Å²) in [5.74, 6) is 1.06. The summed E-state index contributed by atoms with van der Waals surface area (Å²) in [5.41, 5.74) is 7.26. The summed E-state index contributed by atoms with van der Waals surface area (Å²) in [4.78, 5) is 6.67. The first-order chi connectivity index (χ1) is 13.3. The van der Waals surface area contributed by atoms with E-state index < -0.39 is 16.6 Å². The van der Waals surface area contributed by atoms with E-state index in [0.29, 0.717) is 31.2 Å². The number of benzene rings is 1. The Kier molecular flexibility index (Phi) is 8.43. The molecule has 0 radical (unpaired) electrons. The maximum Gasteiger partial charge on any atom is 0.418 e. The fourth-order valence-corrected chi connectivity index (χ4v) is 3.40. The van der Waals surface area contributed by atoms with Crippen LogP contribution in [0.3, 0.4) is 0 Å². The maximum absolute atomic E-state index is 11.2. The van der Waals surface area contributed by atoms with E-state index in [2.05, 4.69) is 21.1 Å². The SMILES string of the molecule is CCCCCCC1=NC(N(CC)Cc2ccccc2)=CC(N)N1OS(=O)(=O)O. The maximum atomic E-state index is 11.2. The zero-order valence-electron chi connectivity index (χ0n) is 16.5. The van der Waals surface area contributed by atoms with Crippen LogP contribution in [0.1, 0.15) is 51.5 Å². The van der Waals surface area contributed by atoms with Gasteiger partial charge in [-0.3, -0.25) is 4.55 Å². The molecule has 0 aromatic heterocycles. The molecule has 0 saturated heterocycles. The van der Waals surface area contributed by atoms with Gasteiger partial charge < -0.3 is 10.6 Å². The van der Waals surface area contributed by atoms with Crippen LogP contribution in [-0.4, -0.2) is 41.5 Å². The van der Waals surface area contributed by atoms with E-state index in [1.54, 1.807) is 6.08 Å². The van der Waals surface area contributed by atoms with Gasteiger partial charge in [-0.2, -0.15) is 13.5 Å². The van der Waals surface area contributed by atoms with Crippen LogP contribution in [0, 0.1) is 0 Å². The number of aliphatic imine (C=N–C) groups is 1. The third kappa shape index (κ3) is 6.90. The molecule has 0 amide bonds. The quantitative estimate of drug-likeness (QED) is 0.426. The van der Waals surface area contributed by atoms with Crippen LogP contribution in [0.25, 0.3) is 0 Å². The van der Waals surface area contributed by atoms with E-state index in [-0.39, 0.29) is 0 Å². The van der Waals surface area contributed by atoms with E-state index >= 15 is 0 Å². The van der Waals surface area contributed by atoms with Crippen molar-refractivity contribution in [2.24, 2.45) is 10.7 Å². The molecule has 1 heterocycles. The van der Waals surface area contributed by atoms with Crippen LogP contribution in [0.2, 0.25) is 0 Å². The predicted molar refractivity (Wildman–Crippen MR) is 109 cm³/mol. The highest BCUT2D eigenvalue weighted by molar-refractivity contribution is 7.80. The van der Waals surface area contributed by atoms with Crippen molar-refractivity contribution in [3.63, 3.8) is 0 Å². The molecule has 3 N–H and O–H groups in total. The summed E-state index contributed by atoms with van der Waals surface area (Å²) in [7, 11) is -4.69. The van der Waals surface area contributed by atoms with Gasteiger partial charge in [-0.05, 0) is 25.0 Å². The minimum absolute atomic E-state index is 0.394. The van der Waals surface area contributed by atoms with Crippen LogP contribution in [0.15, 0.2) is 47.2 Å². The molecule has 1 aliphatic rings. The molecule has 0 saturated carbocycles. The highest BCUT2D eigenvalue weighted by atomic mass is 32.3. The Labute approximate surface area is 167 Å². The minimum atomic E-state index is -4.69. The summed E-state index contributed by atoms with van der Waals surface area (Å²) in [6, 6.07) is 10.00. The Balaban J connectivity index is 2.22. The molecule has 1 unspecified atom stereocenters. The number of nitrogens with two attached hydrogens (primary N) is 1. The molecule has 1 aromatic carbocycles. The molecule has 1 atom stereocenters. The average Bonchev–Trinajstić information content (AvgIpc) is 2.65. The van der Waals surface area contributed by atoms with Crippen molar-refractivity contribution in [2.45, 2.75) is 58.7 Å². The number of hydroxylamine groups is 2. The van der Waals surface area contributed by atoms with Crippen LogP contribution in [0.5, 0.6) is 0 Å². The first-order valence-corrected chi connectivity index (χ1v) is 11.0. The summed E-state index contributed by atoms with van der Waals surface area (Å²) in [6.07, 6.45) is 5.24. The summed E-state index contributed by atoms with van der Waals surface area (Å²) < 4.78 is 36.2. The number of nitrogens with zero attached hydrogens (tertiary/aromatic N) is 3. The molecule has 2 rings (SSSR count). The Bertz CT molecular complexity index is 780. The van der Waals surface area contributed by atoms with E-state index in [9.17, 15) is 8.42 Å². The zero-order valence-corrected chi connectivity index (χ0v) is 17.3. The van der Waals surface area contributed by atoms with Gasteiger partial charge in [0.15, 0.2) is 0 Å². The first-order valence-electron chi connectivity index (χ1n) is 9.64. The second kappa shape index (κ2) is 10.6. The fourth-order valence-electron chi connectivity index (χ4n) is 3.02. The first kappa shape index (κ1) is 22.4. The van der Waals surface area contributed by atoms with Gasteiger partial charge in [-0.1, -0.05) is 56.5 Å². The molecule has 1 aromatic rings. The van der Waals surface area contributed by atoms with Gasteiger partial charge in [-0.25, -0.2) is 4.99 Å². The molecule has 156 valence electrons. The molecule has 28 heavy (non-hydrogen) atoms. The van der Waals surface area contributed by atoms with Crippen molar-refractivity contribution < 1.29 is 17.3 Å². The molecule has 0 spiro atoms. The molecule has 8 nitrogen and oxygen atoms in total. The standard InChI is InChI=1S/C19H30N4O4S/c1-3-5-6-10-13-18-21-19(14-17(20)23(18)27-28(24,25)26)22(4-2)15-16-11-8-7-9-12-16/h7-9,11-12,14,17H,3-6,10,13,15,20H2,1-2H3,(H,24,25,26). The van der Waals surface area contributed by atoms with Crippen LogP contribution >= 0.6 is 0 Å². The normalized spacial score (nSPS) is 17.3. The van der Waals surface area contributed by atoms with E-state index in [1.165, 1.54) is 0 Å². The van der Waals surface area contributed by atoms with Gasteiger partial charge in [0.1, 0.15) is 17.8 Å². The van der Waals surface area contributed by atoms with E-state index in [1.807, 2.05) is 37.3 Å². The molecular weight excluding hydrogens is 380 g/mol. The molecule has 1 aliphatic heterocycles. The third-order valence-electron chi connectivity index (χ3n) is 4.44. The third-order valence-corrected chi connectivity index (χ3v) is 4.79. The highest BCUT2D eigenvalue weighted by Gasteiger charge is 2.29. The number of hydrogen-bond acceptors (Lipinski definition) is 7. The summed E-state index contributed by atoms with van der Waals surface area (Å²) in [5, 5.41) is 0.973. The molecule has 0 bridgehead atoms. The molecule has 9 heteroatoms. The molecule has 0 fully saturated rings. The lowest BCUT2D eigenvalue weighted by Gasteiger charge is -2.34. The van der Waals surface area contributed by atoms with Crippen molar-refractivity contribution in [1.82, 2.24) is 9.96 Å². The lowest BCUT2D eigenvalue weighted by molar-refractivity contribution is -0.0143. The van der Waals surface area contributed by atoms with Crippen molar-refractivity contribution in [1.29, 1.82) is 0 Å². The minimum Gasteiger partial charge on any atom is -0.353 e. The Morgan fingerprint density at radius 1 is 1.21 bits per heavy atom. The topological polar surface area (TPSA) is 108 Å². The van der Waals surface area contributed by atoms with Crippen LogP contribution in [-0.2, 0) is 21.2 Å². The lowest BCUT2D eigenvalue weighted by Crippen LogP contribution is -2.48. The van der Waals surface area contributed by atoms with Gasteiger partial charge in [0.05, 0.1) is 0 Å². The van der Waals surface area contributed by atoms with Crippen LogP contribution < -0.4 is 5.73 Å². The van der Waals surface area contributed by atoms with Crippen molar-refractivity contribution in [2.75, 3.05) is 6.54 Å². The van der Waals surface area contributed by atoms with E-state index in [0.717, 1.165) is 36.3 Å². The van der Waals surface area contributed by atoms with E-state index in [4.69, 9.17) is 10.3 Å². The fraction of sp³-hybridized carbons (Fsp3) is 0.526. The highest BCUT2D eigenvalue weighted by Crippen LogP contribution is 2.22.